The molecule has 1 aliphatic rings. The summed E-state index contributed by atoms with van der Waals surface area (Å²) in [5, 5.41) is 2.95. The number of amides is 1. The van der Waals surface area contributed by atoms with Crippen LogP contribution in [0.4, 0.5) is 0 Å². The van der Waals surface area contributed by atoms with Gasteiger partial charge in [0.25, 0.3) is 0 Å². The quantitative estimate of drug-likeness (QED) is 0.835. The largest absolute Gasteiger partial charge is 0.441 e. The van der Waals surface area contributed by atoms with Gasteiger partial charge in [-0.15, -0.1) is 0 Å². The van der Waals surface area contributed by atoms with E-state index in [1.165, 1.54) is 5.56 Å². The molecule has 0 saturated carbocycles. The lowest BCUT2D eigenvalue weighted by atomic mass is 10.1. The minimum absolute atomic E-state index is 0.0791. The number of aryl methyl sites for hydroxylation is 3. The predicted molar refractivity (Wildman–Crippen MR) is 96.3 cm³/mol. The molecule has 25 heavy (non-hydrogen) atoms. The average molecular weight is 342 g/mol. The fourth-order valence-corrected chi connectivity index (χ4v) is 3.02. The minimum Gasteiger partial charge on any atom is -0.441 e. The van der Waals surface area contributed by atoms with E-state index < -0.39 is 0 Å². The molecule has 0 spiro atoms. The highest BCUT2D eigenvalue weighted by atomic mass is 16.5. The molecule has 1 amide bonds. The number of hydrogen-bond donors (Lipinski definition) is 1. The molecule has 5 heteroatoms. The van der Waals surface area contributed by atoms with Crippen molar-refractivity contribution in [3.05, 3.63) is 41.3 Å². The number of aromatic nitrogens is 1. The SMILES string of the molecule is Cc1ccc(-c2nc(CCCC(=O)NCC3CCCO3)c(C)o2)cc1. The maximum atomic E-state index is 11.9. The topological polar surface area (TPSA) is 64.4 Å². The van der Waals surface area contributed by atoms with Gasteiger partial charge in [-0.2, -0.15) is 0 Å². The van der Waals surface area contributed by atoms with Crippen molar-refractivity contribution in [2.75, 3.05) is 13.2 Å². The Balaban J connectivity index is 1.46. The lowest BCUT2D eigenvalue weighted by Gasteiger charge is -2.10. The van der Waals surface area contributed by atoms with Crippen molar-refractivity contribution in [3.63, 3.8) is 0 Å². The lowest BCUT2D eigenvalue weighted by molar-refractivity contribution is -0.121. The normalized spacial score (nSPS) is 17.0. The molecule has 134 valence electrons. The molecule has 1 fully saturated rings. The van der Waals surface area contributed by atoms with Crippen LogP contribution in [0.25, 0.3) is 11.5 Å². The fraction of sp³-hybridized carbons (Fsp3) is 0.500. The van der Waals surface area contributed by atoms with E-state index in [4.69, 9.17) is 9.15 Å². The van der Waals surface area contributed by atoms with Gasteiger partial charge < -0.3 is 14.5 Å². The monoisotopic (exact) mass is 342 g/mol. The first-order valence-electron chi connectivity index (χ1n) is 9.03. The van der Waals surface area contributed by atoms with Gasteiger partial charge in [-0.1, -0.05) is 17.7 Å². The highest BCUT2D eigenvalue weighted by molar-refractivity contribution is 5.75. The highest BCUT2D eigenvalue weighted by Gasteiger charge is 2.16. The molecule has 1 saturated heterocycles. The Bertz CT molecular complexity index is 700. The van der Waals surface area contributed by atoms with Crippen molar-refractivity contribution in [1.82, 2.24) is 10.3 Å². The van der Waals surface area contributed by atoms with Crippen LogP contribution in [0.5, 0.6) is 0 Å². The molecular weight excluding hydrogens is 316 g/mol. The summed E-state index contributed by atoms with van der Waals surface area (Å²) in [5.74, 6) is 1.56. The van der Waals surface area contributed by atoms with Crippen molar-refractivity contribution in [2.45, 2.75) is 52.1 Å². The minimum atomic E-state index is 0.0791. The standard InChI is InChI=1S/C20H26N2O3/c1-14-8-10-16(11-9-14)20-22-18(15(2)25-20)6-3-7-19(23)21-13-17-5-4-12-24-17/h8-11,17H,3-7,12-13H2,1-2H3,(H,21,23). The van der Waals surface area contributed by atoms with Gasteiger partial charge in [0.15, 0.2) is 0 Å². The van der Waals surface area contributed by atoms with E-state index in [1.807, 2.05) is 31.2 Å². The molecule has 0 radical (unpaired) electrons. The molecule has 1 aromatic carbocycles. The van der Waals surface area contributed by atoms with Crippen molar-refractivity contribution >= 4 is 5.91 Å². The van der Waals surface area contributed by atoms with Gasteiger partial charge in [0.2, 0.25) is 11.8 Å². The molecule has 2 aromatic rings. The van der Waals surface area contributed by atoms with Crippen molar-refractivity contribution < 1.29 is 13.9 Å². The van der Waals surface area contributed by atoms with E-state index in [2.05, 4.69) is 17.2 Å². The summed E-state index contributed by atoms with van der Waals surface area (Å²) in [6.07, 6.45) is 4.33. The first-order chi connectivity index (χ1) is 12.1. The summed E-state index contributed by atoms with van der Waals surface area (Å²) in [6.45, 7) is 5.42. The van der Waals surface area contributed by atoms with Crippen LogP contribution >= 0.6 is 0 Å². The van der Waals surface area contributed by atoms with Crippen LogP contribution in [-0.2, 0) is 16.0 Å². The van der Waals surface area contributed by atoms with Gasteiger partial charge in [0.1, 0.15) is 5.76 Å². The third kappa shape index (κ3) is 4.92. The van der Waals surface area contributed by atoms with E-state index in [0.717, 1.165) is 49.3 Å². The Morgan fingerprint density at radius 2 is 2.08 bits per heavy atom. The van der Waals surface area contributed by atoms with Gasteiger partial charge in [0.05, 0.1) is 11.8 Å². The van der Waals surface area contributed by atoms with Crippen LogP contribution in [0, 0.1) is 13.8 Å². The van der Waals surface area contributed by atoms with E-state index in [0.29, 0.717) is 18.9 Å². The molecule has 1 aliphatic heterocycles. The number of rotatable bonds is 7. The molecular formula is C20H26N2O3. The zero-order valence-electron chi connectivity index (χ0n) is 15.0. The van der Waals surface area contributed by atoms with E-state index in [9.17, 15) is 4.79 Å². The van der Waals surface area contributed by atoms with Gasteiger partial charge in [-0.25, -0.2) is 4.98 Å². The summed E-state index contributed by atoms with van der Waals surface area (Å²) in [7, 11) is 0. The number of carbonyl (C=O) groups is 1. The number of nitrogens with one attached hydrogen (secondary N) is 1. The Kier molecular flexibility index (Phi) is 5.87. The highest BCUT2D eigenvalue weighted by Crippen LogP contribution is 2.23. The van der Waals surface area contributed by atoms with E-state index in [-0.39, 0.29) is 12.0 Å². The number of oxazole rings is 1. The summed E-state index contributed by atoms with van der Waals surface area (Å²) >= 11 is 0. The second-order valence-electron chi connectivity index (χ2n) is 6.68. The van der Waals surface area contributed by atoms with Crippen LogP contribution in [-0.4, -0.2) is 30.1 Å². The molecule has 0 bridgehead atoms. The number of nitrogens with zero attached hydrogens (tertiary/aromatic N) is 1. The van der Waals surface area contributed by atoms with Gasteiger partial charge in [-0.3, -0.25) is 4.79 Å². The Hall–Kier alpha value is -2.14. The number of ether oxygens (including phenoxy) is 1. The van der Waals surface area contributed by atoms with Crippen molar-refractivity contribution in [1.29, 1.82) is 0 Å². The third-order valence-electron chi connectivity index (χ3n) is 4.56. The molecule has 1 atom stereocenters. The van der Waals surface area contributed by atoms with Crippen LogP contribution in [0.3, 0.4) is 0 Å². The second kappa shape index (κ2) is 8.30. The summed E-state index contributed by atoms with van der Waals surface area (Å²) in [4.78, 5) is 16.5. The smallest absolute Gasteiger partial charge is 0.226 e. The first kappa shape index (κ1) is 17.7. The third-order valence-corrected chi connectivity index (χ3v) is 4.56. The molecule has 3 rings (SSSR count). The molecule has 1 aromatic heterocycles. The second-order valence-corrected chi connectivity index (χ2v) is 6.68. The maximum Gasteiger partial charge on any atom is 0.226 e. The van der Waals surface area contributed by atoms with Gasteiger partial charge in [0, 0.05) is 25.1 Å². The zero-order valence-corrected chi connectivity index (χ0v) is 15.0. The van der Waals surface area contributed by atoms with Crippen LogP contribution in [0.2, 0.25) is 0 Å². The number of hydrogen-bond acceptors (Lipinski definition) is 4. The first-order valence-corrected chi connectivity index (χ1v) is 9.03. The zero-order chi connectivity index (χ0) is 17.6. The van der Waals surface area contributed by atoms with Crippen LogP contribution < -0.4 is 5.32 Å². The fourth-order valence-electron chi connectivity index (χ4n) is 3.02. The Morgan fingerprint density at radius 3 is 2.80 bits per heavy atom. The maximum absolute atomic E-state index is 11.9. The predicted octanol–water partition coefficient (Wildman–Crippen LogP) is 3.58. The summed E-state index contributed by atoms with van der Waals surface area (Å²) in [5.41, 5.74) is 3.12. The van der Waals surface area contributed by atoms with Crippen LogP contribution in [0.15, 0.2) is 28.7 Å². The number of benzene rings is 1. The summed E-state index contributed by atoms with van der Waals surface area (Å²) in [6, 6.07) is 8.13. The van der Waals surface area contributed by atoms with Crippen molar-refractivity contribution in [3.8, 4) is 11.5 Å². The Labute approximate surface area is 148 Å². The van der Waals surface area contributed by atoms with Crippen LogP contribution in [0.1, 0.15) is 42.7 Å². The lowest BCUT2D eigenvalue weighted by Crippen LogP contribution is -2.31. The Morgan fingerprint density at radius 1 is 1.28 bits per heavy atom. The molecule has 1 unspecified atom stereocenters. The molecule has 5 nitrogen and oxygen atoms in total. The molecule has 1 N–H and O–H groups in total. The number of carbonyl (C=O) groups excluding carboxylic acids is 1. The summed E-state index contributed by atoms with van der Waals surface area (Å²) < 4.78 is 11.3. The van der Waals surface area contributed by atoms with Crippen molar-refractivity contribution in [2.24, 2.45) is 0 Å². The molecule has 0 aliphatic carbocycles. The average Bonchev–Trinajstić information content (AvgIpc) is 3.24. The van der Waals surface area contributed by atoms with E-state index >= 15 is 0 Å². The van der Waals surface area contributed by atoms with Gasteiger partial charge >= 0.3 is 0 Å². The van der Waals surface area contributed by atoms with E-state index in [1.54, 1.807) is 0 Å². The van der Waals surface area contributed by atoms with Gasteiger partial charge in [-0.05, 0) is 51.7 Å². The molecule has 2 heterocycles.